The zero-order valence-electron chi connectivity index (χ0n) is 14.5. The minimum Gasteiger partial charge on any atom is -0.493 e. The molecule has 1 aromatic rings. The second kappa shape index (κ2) is 9.05. The van der Waals surface area contributed by atoms with Crippen molar-refractivity contribution >= 4 is 18.0 Å². The van der Waals surface area contributed by atoms with E-state index in [0.29, 0.717) is 43.4 Å². The highest BCUT2D eigenvalue weighted by molar-refractivity contribution is 5.91. The van der Waals surface area contributed by atoms with Crippen molar-refractivity contribution < 1.29 is 28.5 Å². The van der Waals surface area contributed by atoms with Crippen LogP contribution in [0.3, 0.4) is 0 Å². The van der Waals surface area contributed by atoms with E-state index in [2.05, 4.69) is 5.43 Å². The van der Waals surface area contributed by atoms with E-state index in [1.165, 1.54) is 27.2 Å². The van der Waals surface area contributed by atoms with Gasteiger partial charge < -0.3 is 18.9 Å². The number of carbonyl (C=O) groups is 2. The number of nitrogens with zero attached hydrogens (tertiary/aromatic N) is 1. The first-order chi connectivity index (χ1) is 12.0. The van der Waals surface area contributed by atoms with E-state index in [1.54, 1.807) is 23.2 Å². The second-order valence-electron chi connectivity index (χ2n) is 5.26. The quantitative estimate of drug-likeness (QED) is 0.465. The van der Waals surface area contributed by atoms with Gasteiger partial charge in [0.05, 0.1) is 27.4 Å². The van der Waals surface area contributed by atoms with Gasteiger partial charge in [-0.3, -0.25) is 15.0 Å². The molecular weight excluding hydrogens is 328 g/mol. The number of hydrazine groups is 1. The molecule has 1 N–H and O–H groups in total. The Morgan fingerprint density at radius 3 is 2.28 bits per heavy atom. The summed E-state index contributed by atoms with van der Waals surface area (Å²) in [4.78, 5) is 23.2. The molecule has 0 aliphatic carbocycles. The van der Waals surface area contributed by atoms with E-state index in [9.17, 15) is 9.59 Å². The summed E-state index contributed by atoms with van der Waals surface area (Å²) < 4.78 is 20.8. The summed E-state index contributed by atoms with van der Waals surface area (Å²) >= 11 is 0. The standard InChI is InChI=1S/C17H22N2O6/c1-12(20)25-17-14(22-2)10-13(11-15(17)23-3)4-5-16(21)18-19-6-8-24-9-7-19/h4-5,10-11H,6-9H2,1-3H3,(H,18,21)/b5-4+. The number of esters is 1. The van der Waals surface area contributed by atoms with Gasteiger partial charge >= 0.3 is 5.97 Å². The van der Waals surface area contributed by atoms with Gasteiger partial charge in [-0.25, -0.2) is 5.01 Å². The number of methoxy groups -OCH3 is 2. The summed E-state index contributed by atoms with van der Waals surface area (Å²) in [6.07, 6.45) is 3.04. The van der Waals surface area contributed by atoms with Crippen LogP contribution >= 0.6 is 0 Å². The second-order valence-corrected chi connectivity index (χ2v) is 5.26. The van der Waals surface area contributed by atoms with Crippen molar-refractivity contribution in [3.63, 3.8) is 0 Å². The maximum atomic E-state index is 12.0. The Morgan fingerprint density at radius 1 is 1.16 bits per heavy atom. The fourth-order valence-electron chi connectivity index (χ4n) is 2.28. The van der Waals surface area contributed by atoms with Crippen LogP contribution in [0, 0.1) is 0 Å². The molecule has 1 amide bonds. The molecule has 1 saturated heterocycles. The van der Waals surface area contributed by atoms with Crippen molar-refractivity contribution in [2.24, 2.45) is 0 Å². The fourth-order valence-corrected chi connectivity index (χ4v) is 2.28. The van der Waals surface area contributed by atoms with Crippen LogP contribution in [0.4, 0.5) is 0 Å². The van der Waals surface area contributed by atoms with E-state index in [-0.39, 0.29) is 11.7 Å². The molecule has 0 bridgehead atoms. The van der Waals surface area contributed by atoms with Gasteiger partial charge in [-0.1, -0.05) is 0 Å². The molecule has 1 fully saturated rings. The molecule has 25 heavy (non-hydrogen) atoms. The third kappa shape index (κ3) is 5.47. The first-order valence-electron chi connectivity index (χ1n) is 7.79. The molecule has 0 saturated carbocycles. The number of hydrogen-bond donors (Lipinski definition) is 1. The van der Waals surface area contributed by atoms with Gasteiger partial charge in [0.25, 0.3) is 5.91 Å². The van der Waals surface area contributed by atoms with Gasteiger partial charge in [0.15, 0.2) is 11.5 Å². The summed E-state index contributed by atoms with van der Waals surface area (Å²) in [5, 5.41) is 1.81. The van der Waals surface area contributed by atoms with Crippen molar-refractivity contribution in [2.75, 3.05) is 40.5 Å². The smallest absolute Gasteiger partial charge is 0.308 e. The first-order valence-corrected chi connectivity index (χ1v) is 7.79. The maximum absolute atomic E-state index is 12.0. The lowest BCUT2D eigenvalue weighted by Crippen LogP contribution is -2.47. The number of hydrogen-bond acceptors (Lipinski definition) is 7. The van der Waals surface area contributed by atoms with Crippen LogP contribution in [-0.2, 0) is 14.3 Å². The molecule has 8 nitrogen and oxygen atoms in total. The van der Waals surface area contributed by atoms with Crippen LogP contribution in [-0.4, -0.2) is 57.4 Å². The van der Waals surface area contributed by atoms with E-state index >= 15 is 0 Å². The highest BCUT2D eigenvalue weighted by Crippen LogP contribution is 2.39. The number of carbonyl (C=O) groups excluding carboxylic acids is 2. The van der Waals surface area contributed by atoms with Gasteiger partial charge in [-0.15, -0.1) is 0 Å². The Bertz CT molecular complexity index is 628. The van der Waals surface area contributed by atoms with E-state index in [4.69, 9.17) is 18.9 Å². The monoisotopic (exact) mass is 350 g/mol. The van der Waals surface area contributed by atoms with Gasteiger partial charge in [0.1, 0.15) is 0 Å². The lowest BCUT2D eigenvalue weighted by atomic mass is 10.1. The Balaban J connectivity index is 2.12. The number of rotatable bonds is 6. The molecular formula is C17H22N2O6. The van der Waals surface area contributed by atoms with Gasteiger partial charge in [-0.05, 0) is 23.8 Å². The minimum absolute atomic E-state index is 0.201. The third-order valence-electron chi connectivity index (χ3n) is 3.44. The van der Waals surface area contributed by atoms with Crippen LogP contribution in [0.5, 0.6) is 17.2 Å². The predicted octanol–water partition coefficient (Wildman–Crippen LogP) is 1.01. The molecule has 0 aromatic heterocycles. The summed E-state index contributed by atoms with van der Waals surface area (Å²) in [6.45, 7) is 3.78. The van der Waals surface area contributed by atoms with Crippen LogP contribution in [0.15, 0.2) is 18.2 Å². The first kappa shape index (κ1) is 18.8. The molecule has 0 spiro atoms. The molecule has 1 aliphatic rings. The normalized spacial score (nSPS) is 15.0. The molecule has 1 aromatic carbocycles. The molecule has 1 aliphatic heterocycles. The molecule has 136 valence electrons. The minimum atomic E-state index is -0.482. The van der Waals surface area contributed by atoms with Crippen molar-refractivity contribution in [3.05, 3.63) is 23.8 Å². The van der Waals surface area contributed by atoms with Crippen molar-refractivity contribution in [2.45, 2.75) is 6.92 Å². The van der Waals surface area contributed by atoms with E-state index < -0.39 is 5.97 Å². The highest BCUT2D eigenvalue weighted by Gasteiger charge is 2.16. The van der Waals surface area contributed by atoms with Crippen LogP contribution < -0.4 is 19.6 Å². The van der Waals surface area contributed by atoms with Crippen molar-refractivity contribution in [1.29, 1.82) is 0 Å². The Labute approximate surface area is 146 Å². The largest absolute Gasteiger partial charge is 0.493 e. The fraction of sp³-hybridized carbons (Fsp3) is 0.412. The zero-order valence-corrected chi connectivity index (χ0v) is 14.5. The average molecular weight is 350 g/mol. The highest BCUT2D eigenvalue weighted by atomic mass is 16.6. The number of nitrogens with one attached hydrogen (secondary N) is 1. The lowest BCUT2D eigenvalue weighted by molar-refractivity contribution is -0.132. The summed E-state index contributed by atoms with van der Waals surface area (Å²) in [5.74, 6) is 0.145. The average Bonchev–Trinajstić information content (AvgIpc) is 2.61. The van der Waals surface area contributed by atoms with Gasteiger partial charge in [-0.2, -0.15) is 0 Å². The van der Waals surface area contributed by atoms with Crippen LogP contribution in [0.2, 0.25) is 0 Å². The molecule has 0 atom stereocenters. The number of ether oxygens (including phenoxy) is 4. The number of morpholine rings is 1. The summed E-state index contributed by atoms with van der Waals surface area (Å²) in [7, 11) is 2.92. The Morgan fingerprint density at radius 2 is 1.76 bits per heavy atom. The molecule has 0 radical (unpaired) electrons. The van der Waals surface area contributed by atoms with Crippen LogP contribution in [0.25, 0.3) is 6.08 Å². The Hall–Kier alpha value is -2.58. The zero-order chi connectivity index (χ0) is 18.2. The maximum Gasteiger partial charge on any atom is 0.308 e. The Kier molecular flexibility index (Phi) is 6.79. The molecule has 0 unspecified atom stereocenters. The van der Waals surface area contributed by atoms with E-state index in [0.717, 1.165) is 0 Å². The number of amides is 1. The van der Waals surface area contributed by atoms with Crippen LogP contribution in [0.1, 0.15) is 12.5 Å². The molecule has 1 heterocycles. The number of benzene rings is 1. The SMILES string of the molecule is COc1cc(/C=C/C(=O)NN2CCOCC2)cc(OC)c1OC(C)=O. The summed E-state index contributed by atoms with van der Waals surface area (Å²) in [6, 6.07) is 3.30. The lowest BCUT2D eigenvalue weighted by Gasteiger charge is -2.26. The van der Waals surface area contributed by atoms with Gasteiger partial charge in [0.2, 0.25) is 5.75 Å². The van der Waals surface area contributed by atoms with Gasteiger partial charge in [0, 0.05) is 26.1 Å². The van der Waals surface area contributed by atoms with Crippen molar-refractivity contribution in [3.8, 4) is 17.2 Å². The molecule has 8 heteroatoms. The summed E-state index contributed by atoms with van der Waals surface area (Å²) in [5.41, 5.74) is 3.45. The predicted molar refractivity (Wildman–Crippen MR) is 90.4 cm³/mol. The third-order valence-corrected chi connectivity index (χ3v) is 3.44. The molecule has 2 rings (SSSR count). The van der Waals surface area contributed by atoms with E-state index in [1.807, 2.05) is 0 Å². The van der Waals surface area contributed by atoms with Crippen molar-refractivity contribution in [1.82, 2.24) is 10.4 Å². The topological polar surface area (TPSA) is 86.3 Å².